The van der Waals surface area contributed by atoms with Crippen molar-refractivity contribution in [3.8, 4) is 0 Å². The van der Waals surface area contributed by atoms with E-state index in [1.807, 2.05) is 4.90 Å². The summed E-state index contributed by atoms with van der Waals surface area (Å²) in [6.45, 7) is 7.35. The van der Waals surface area contributed by atoms with E-state index in [2.05, 4.69) is 26.1 Å². The molecule has 1 rings (SSSR count). The maximum atomic E-state index is 12.2. The van der Waals surface area contributed by atoms with Crippen LogP contribution in [0.5, 0.6) is 0 Å². The molecule has 0 aromatic rings. The van der Waals surface area contributed by atoms with Gasteiger partial charge in [-0.1, -0.05) is 33.1 Å². The Morgan fingerprint density at radius 1 is 1.35 bits per heavy atom. The van der Waals surface area contributed by atoms with Crippen molar-refractivity contribution in [3.63, 3.8) is 0 Å². The minimum Gasteiger partial charge on any atom is -0.335 e. The molecule has 1 saturated carbocycles. The molecule has 0 aromatic carbocycles. The zero-order valence-electron chi connectivity index (χ0n) is 11.7. The van der Waals surface area contributed by atoms with Gasteiger partial charge < -0.3 is 10.2 Å². The molecule has 1 atom stereocenters. The molecule has 0 bridgehead atoms. The minimum atomic E-state index is 0.153. The number of nitrogens with one attached hydrogen (secondary N) is 1. The molecule has 2 amide bonds. The molecule has 1 aliphatic rings. The third-order valence-corrected chi connectivity index (χ3v) is 3.82. The summed E-state index contributed by atoms with van der Waals surface area (Å²) < 4.78 is 0. The van der Waals surface area contributed by atoms with E-state index >= 15 is 0 Å². The zero-order valence-corrected chi connectivity index (χ0v) is 11.7. The minimum absolute atomic E-state index is 0.153. The van der Waals surface area contributed by atoms with Gasteiger partial charge >= 0.3 is 6.03 Å². The van der Waals surface area contributed by atoms with Crippen LogP contribution in [0.2, 0.25) is 0 Å². The van der Waals surface area contributed by atoms with E-state index in [9.17, 15) is 4.79 Å². The van der Waals surface area contributed by atoms with E-state index < -0.39 is 0 Å². The Kier molecular flexibility index (Phi) is 6.38. The Morgan fingerprint density at radius 2 is 2.00 bits per heavy atom. The largest absolute Gasteiger partial charge is 0.335 e. The summed E-state index contributed by atoms with van der Waals surface area (Å²) in [5.41, 5.74) is 0. The third-order valence-electron chi connectivity index (χ3n) is 3.82. The van der Waals surface area contributed by atoms with Crippen LogP contribution in [-0.2, 0) is 0 Å². The van der Waals surface area contributed by atoms with E-state index in [0.717, 1.165) is 38.6 Å². The number of carbonyl (C=O) groups excluding carboxylic acids is 1. The summed E-state index contributed by atoms with van der Waals surface area (Å²) in [5.74, 6) is 0. The summed E-state index contributed by atoms with van der Waals surface area (Å²) in [6.07, 6.45) is 8.13. The van der Waals surface area contributed by atoms with Crippen LogP contribution in [0.3, 0.4) is 0 Å². The van der Waals surface area contributed by atoms with Crippen LogP contribution in [0.4, 0.5) is 4.79 Å². The third kappa shape index (κ3) is 4.57. The van der Waals surface area contributed by atoms with Gasteiger partial charge in [-0.2, -0.15) is 0 Å². The number of hydrogen-bond acceptors (Lipinski definition) is 1. The normalized spacial score (nSPS) is 18.1. The maximum Gasteiger partial charge on any atom is 0.317 e. The van der Waals surface area contributed by atoms with Crippen LogP contribution < -0.4 is 5.32 Å². The zero-order chi connectivity index (χ0) is 12.7. The molecule has 0 aliphatic heterocycles. The highest BCUT2D eigenvalue weighted by Crippen LogP contribution is 2.18. The second-order valence-corrected chi connectivity index (χ2v) is 5.24. The number of urea groups is 1. The van der Waals surface area contributed by atoms with E-state index in [1.54, 1.807) is 0 Å². The Labute approximate surface area is 106 Å². The van der Waals surface area contributed by atoms with Crippen molar-refractivity contribution in [2.45, 2.75) is 77.8 Å². The Hall–Kier alpha value is -0.730. The van der Waals surface area contributed by atoms with Crippen LogP contribution in [-0.4, -0.2) is 29.6 Å². The first-order valence-electron chi connectivity index (χ1n) is 7.26. The van der Waals surface area contributed by atoms with Crippen molar-refractivity contribution < 1.29 is 4.79 Å². The fraction of sp³-hybridized carbons (Fsp3) is 0.929. The molecule has 0 heterocycles. The summed E-state index contributed by atoms with van der Waals surface area (Å²) >= 11 is 0. The lowest BCUT2D eigenvalue weighted by Gasteiger charge is -2.30. The van der Waals surface area contributed by atoms with Gasteiger partial charge in [0.15, 0.2) is 0 Å². The molecular weight excluding hydrogens is 212 g/mol. The Morgan fingerprint density at radius 3 is 2.53 bits per heavy atom. The number of rotatable bonds is 6. The van der Waals surface area contributed by atoms with Gasteiger partial charge in [0.25, 0.3) is 0 Å². The van der Waals surface area contributed by atoms with Gasteiger partial charge in [0.05, 0.1) is 0 Å². The average Bonchev–Trinajstić information content (AvgIpc) is 2.81. The molecule has 0 saturated heterocycles. The lowest BCUT2D eigenvalue weighted by atomic mass is 10.2. The summed E-state index contributed by atoms with van der Waals surface area (Å²) in [4.78, 5) is 14.2. The predicted molar refractivity (Wildman–Crippen MR) is 72.2 cm³/mol. The standard InChI is InChI=1S/C14H28N2O/c1-4-6-11-16(12(3)5-2)14(17)15-13-9-7-8-10-13/h12-13H,4-11H2,1-3H3,(H,15,17). The first kappa shape index (κ1) is 14.3. The quantitative estimate of drug-likeness (QED) is 0.756. The molecule has 1 aliphatic carbocycles. The molecule has 1 fully saturated rings. The number of amides is 2. The van der Waals surface area contributed by atoms with E-state index in [0.29, 0.717) is 12.1 Å². The first-order valence-corrected chi connectivity index (χ1v) is 7.26. The summed E-state index contributed by atoms with van der Waals surface area (Å²) in [5, 5.41) is 3.19. The average molecular weight is 240 g/mol. The van der Waals surface area contributed by atoms with Crippen LogP contribution >= 0.6 is 0 Å². The van der Waals surface area contributed by atoms with Gasteiger partial charge in [0.1, 0.15) is 0 Å². The Bertz CT molecular complexity index is 224. The predicted octanol–water partition coefficient (Wildman–Crippen LogP) is 3.54. The van der Waals surface area contributed by atoms with Crippen molar-refractivity contribution in [1.29, 1.82) is 0 Å². The molecule has 17 heavy (non-hydrogen) atoms. The van der Waals surface area contributed by atoms with Crippen LogP contribution in [0.1, 0.15) is 65.7 Å². The van der Waals surface area contributed by atoms with E-state index in [-0.39, 0.29) is 6.03 Å². The van der Waals surface area contributed by atoms with Gasteiger partial charge in [-0.05, 0) is 32.6 Å². The number of carbonyl (C=O) groups is 1. The van der Waals surface area contributed by atoms with Gasteiger partial charge in [0.2, 0.25) is 0 Å². The van der Waals surface area contributed by atoms with Gasteiger partial charge in [0, 0.05) is 18.6 Å². The smallest absolute Gasteiger partial charge is 0.317 e. The molecule has 0 spiro atoms. The first-order chi connectivity index (χ1) is 8.19. The van der Waals surface area contributed by atoms with Crippen LogP contribution in [0, 0.1) is 0 Å². The maximum absolute atomic E-state index is 12.2. The molecular formula is C14H28N2O. The summed E-state index contributed by atoms with van der Waals surface area (Å²) in [7, 11) is 0. The highest BCUT2D eigenvalue weighted by molar-refractivity contribution is 5.74. The molecule has 0 aromatic heterocycles. The lowest BCUT2D eigenvalue weighted by Crippen LogP contribution is -2.48. The van der Waals surface area contributed by atoms with Crippen LogP contribution in [0.25, 0.3) is 0 Å². The molecule has 100 valence electrons. The molecule has 1 N–H and O–H groups in total. The van der Waals surface area contributed by atoms with Crippen LogP contribution in [0.15, 0.2) is 0 Å². The lowest BCUT2D eigenvalue weighted by molar-refractivity contribution is 0.172. The number of nitrogens with zero attached hydrogens (tertiary/aromatic N) is 1. The highest BCUT2D eigenvalue weighted by Gasteiger charge is 2.22. The van der Waals surface area contributed by atoms with Gasteiger partial charge in [-0.15, -0.1) is 0 Å². The molecule has 1 unspecified atom stereocenters. The Balaban J connectivity index is 2.45. The SMILES string of the molecule is CCCCN(C(=O)NC1CCCC1)C(C)CC. The van der Waals surface area contributed by atoms with E-state index in [4.69, 9.17) is 0 Å². The van der Waals surface area contributed by atoms with Crippen molar-refractivity contribution >= 4 is 6.03 Å². The number of hydrogen-bond donors (Lipinski definition) is 1. The highest BCUT2D eigenvalue weighted by atomic mass is 16.2. The van der Waals surface area contributed by atoms with Crippen molar-refractivity contribution in [1.82, 2.24) is 10.2 Å². The molecule has 0 radical (unpaired) electrons. The second-order valence-electron chi connectivity index (χ2n) is 5.24. The van der Waals surface area contributed by atoms with Gasteiger partial charge in [-0.3, -0.25) is 0 Å². The van der Waals surface area contributed by atoms with Crippen molar-refractivity contribution in [3.05, 3.63) is 0 Å². The van der Waals surface area contributed by atoms with E-state index in [1.165, 1.54) is 12.8 Å². The topological polar surface area (TPSA) is 32.3 Å². The monoisotopic (exact) mass is 240 g/mol. The molecule has 3 heteroatoms. The van der Waals surface area contributed by atoms with Crippen molar-refractivity contribution in [2.75, 3.05) is 6.54 Å². The second kappa shape index (κ2) is 7.57. The fourth-order valence-corrected chi connectivity index (χ4v) is 2.40. The van der Waals surface area contributed by atoms with Gasteiger partial charge in [-0.25, -0.2) is 4.79 Å². The fourth-order valence-electron chi connectivity index (χ4n) is 2.40. The molecule has 3 nitrogen and oxygen atoms in total. The summed E-state index contributed by atoms with van der Waals surface area (Å²) in [6, 6.07) is 0.929. The number of unbranched alkanes of at least 4 members (excludes halogenated alkanes) is 1. The van der Waals surface area contributed by atoms with Crippen molar-refractivity contribution in [2.24, 2.45) is 0 Å².